The molecule has 6 N–H and O–H groups in total. The topological polar surface area (TPSA) is 149 Å². The van der Waals surface area contributed by atoms with Gasteiger partial charge in [-0.2, -0.15) is 0 Å². The summed E-state index contributed by atoms with van der Waals surface area (Å²) in [5, 5.41) is 54.2. The average Bonchev–Trinajstić information content (AvgIpc) is 3.18. The summed E-state index contributed by atoms with van der Waals surface area (Å²) in [6, 6.07) is -0.710. The molecule has 0 saturated carbocycles. The quantitative estimate of drug-likeness (QED) is 0.0337. The molecule has 1 fully saturated rings. The molecule has 9 nitrogen and oxygen atoms in total. The zero-order valence-electron chi connectivity index (χ0n) is 36.0. The van der Waals surface area contributed by atoms with Crippen LogP contribution in [0.2, 0.25) is 0 Å². The van der Waals surface area contributed by atoms with Gasteiger partial charge in [-0.25, -0.2) is 0 Å². The van der Waals surface area contributed by atoms with Gasteiger partial charge in [0.1, 0.15) is 24.4 Å². The lowest BCUT2D eigenvalue weighted by molar-refractivity contribution is -0.302. The van der Waals surface area contributed by atoms with Crippen LogP contribution < -0.4 is 5.32 Å². The molecule has 0 aliphatic carbocycles. The van der Waals surface area contributed by atoms with Crippen LogP contribution in [0.15, 0.2) is 0 Å². The molecule has 0 radical (unpaired) electrons. The zero-order valence-corrected chi connectivity index (χ0v) is 36.0. The van der Waals surface area contributed by atoms with E-state index >= 15 is 0 Å². The van der Waals surface area contributed by atoms with Gasteiger partial charge in [-0.15, -0.1) is 0 Å². The lowest BCUT2D eigenvalue weighted by Gasteiger charge is -2.40. The summed E-state index contributed by atoms with van der Waals surface area (Å²) in [5.41, 5.74) is 0. The minimum Gasteiger partial charge on any atom is -0.394 e. The van der Waals surface area contributed by atoms with E-state index in [9.17, 15) is 30.3 Å². The Bertz CT molecular complexity index is 832. The van der Waals surface area contributed by atoms with Crippen molar-refractivity contribution in [2.45, 2.75) is 275 Å². The average molecular weight is 786 g/mol. The highest BCUT2D eigenvalue weighted by Crippen LogP contribution is 2.23. The number of hydrogen-bond acceptors (Lipinski definition) is 8. The molecule has 7 unspecified atom stereocenters. The van der Waals surface area contributed by atoms with Crippen LogP contribution in [0, 0.1) is 0 Å². The minimum atomic E-state index is -1.55. The van der Waals surface area contributed by atoms with Crippen molar-refractivity contribution in [1.29, 1.82) is 0 Å². The third-order valence-electron chi connectivity index (χ3n) is 11.7. The summed E-state index contributed by atoms with van der Waals surface area (Å²) in [6.45, 7) is 3.83. The summed E-state index contributed by atoms with van der Waals surface area (Å²) in [6.07, 6.45) is 34.1. The Morgan fingerprint density at radius 2 is 0.909 bits per heavy atom. The first kappa shape index (κ1) is 52.2. The SMILES string of the molecule is CCCCCCCCCCCCCCCCCCCCCCCCC(=O)NC(COC1OC(CO)C(O)C(O)C1O)C(O)CCCCCCCCCCCC. The van der Waals surface area contributed by atoms with Crippen LogP contribution in [-0.4, -0.2) is 87.5 Å². The standard InChI is InChI=1S/C46H91NO8/c1-3-5-7-9-11-13-15-16-17-18-19-20-21-22-23-24-25-26-28-30-32-34-36-42(50)47-39(38-54-46-45(53)44(52)43(51)41(37-48)55-46)40(49)35-33-31-29-27-14-12-10-8-6-4-2/h39-41,43-46,48-49,51-53H,3-38H2,1-2H3,(H,47,50). The molecule has 55 heavy (non-hydrogen) atoms. The highest BCUT2D eigenvalue weighted by molar-refractivity contribution is 5.76. The summed E-state index contributed by atoms with van der Waals surface area (Å²) in [5.74, 6) is -0.141. The maximum Gasteiger partial charge on any atom is 0.220 e. The first-order valence-corrected chi connectivity index (χ1v) is 23.7. The maximum atomic E-state index is 13.0. The first-order valence-electron chi connectivity index (χ1n) is 23.7. The Morgan fingerprint density at radius 1 is 0.545 bits per heavy atom. The molecule has 1 amide bonds. The van der Waals surface area contributed by atoms with Gasteiger partial charge in [0, 0.05) is 6.42 Å². The largest absolute Gasteiger partial charge is 0.394 e. The molecule has 0 aromatic heterocycles. The number of unbranched alkanes of at least 4 members (excludes halogenated alkanes) is 30. The Morgan fingerprint density at radius 3 is 1.29 bits per heavy atom. The van der Waals surface area contributed by atoms with Crippen LogP contribution in [0.4, 0.5) is 0 Å². The van der Waals surface area contributed by atoms with Gasteiger partial charge >= 0.3 is 0 Å². The molecule has 7 atom stereocenters. The predicted octanol–water partition coefficient (Wildman–Crippen LogP) is 9.95. The van der Waals surface area contributed by atoms with Gasteiger partial charge in [-0.1, -0.05) is 213 Å². The van der Waals surface area contributed by atoms with Gasteiger partial charge in [0.15, 0.2) is 6.29 Å². The number of rotatable bonds is 40. The van der Waals surface area contributed by atoms with Crippen LogP contribution in [0.3, 0.4) is 0 Å². The van der Waals surface area contributed by atoms with E-state index in [1.54, 1.807) is 0 Å². The van der Waals surface area contributed by atoms with Crippen LogP contribution in [0.5, 0.6) is 0 Å². The smallest absolute Gasteiger partial charge is 0.220 e. The van der Waals surface area contributed by atoms with E-state index in [1.807, 2.05) is 0 Å². The first-order chi connectivity index (χ1) is 26.8. The van der Waals surface area contributed by atoms with Crippen LogP contribution in [-0.2, 0) is 14.3 Å². The highest BCUT2D eigenvalue weighted by atomic mass is 16.7. The van der Waals surface area contributed by atoms with Gasteiger partial charge in [0.25, 0.3) is 0 Å². The number of carbonyl (C=O) groups is 1. The summed E-state index contributed by atoms with van der Waals surface area (Å²) < 4.78 is 11.2. The minimum absolute atomic E-state index is 0.132. The number of hydrogen-bond donors (Lipinski definition) is 6. The van der Waals surface area contributed by atoms with Crippen LogP contribution >= 0.6 is 0 Å². The number of ether oxygens (including phenoxy) is 2. The third-order valence-corrected chi connectivity index (χ3v) is 11.7. The van der Waals surface area contributed by atoms with Gasteiger partial charge in [0.05, 0.1) is 25.4 Å². The van der Waals surface area contributed by atoms with E-state index in [4.69, 9.17) is 9.47 Å². The van der Waals surface area contributed by atoms with Crippen molar-refractivity contribution in [2.75, 3.05) is 13.2 Å². The molecule has 1 aliphatic heterocycles. The van der Waals surface area contributed by atoms with Crippen LogP contribution in [0.1, 0.15) is 232 Å². The molecule has 1 saturated heterocycles. The van der Waals surface area contributed by atoms with Crippen molar-refractivity contribution in [3.8, 4) is 0 Å². The normalized spacial score (nSPS) is 21.2. The summed E-state index contributed by atoms with van der Waals surface area (Å²) in [4.78, 5) is 13.0. The molecule has 0 spiro atoms. The lowest BCUT2D eigenvalue weighted by atomic mass is 9.99. The number of aliphatic hydroxyl groups is 5. The molecule has 0 bridgehead atoms. The van der Waals surface area contributed by atoms with Crippen LogP contribution in [0.25, 0.3) is 0 Å². The van der Waals surface area contributed by atoms with Crippen molar-refractivity contribution >= 4 is 5.91 Å². The molecular formula is C46H91NO8. The molecule has 9 heteroatoms. The number of aliphatic hydroxyl groups excluding tert-OH is 5. The Balaban J connectivity index is 2.22. The molecule has 1 aliphatic rings. The molecule has 0 aromatic rings. The van der Waals surface area contributed by atoms with E-state index in [1.165, 1.54) is 167 Å². The predicted molar refractivity (Wildman–Crippen MR) is 226 cm³/mol. The van der Waals surface area contributed by atoms with Gasteiger partial charge < -0.3 is 40.3 Å². The molecule has 0 aromatic carbocycles. The van der Waals surface area contributed by atoms with Crippen molar-refractivity contribution in [2.24, 2.45) is 0 Å². The Kier molecular flexibility index (Phi) is 35.6. The highest BCUT2D eigenvalue weighted by Gasteiger charge is 2.44. The van der Waals surface area contributed by atoms with E-state index in [-0.39, 0.29) is 12.5 Å². The van der Waals surface area contributed by atoms with Crippen molar-refractivity contribution < 1.29 is 39.8 Å². The second kappa shape index (κ2) is 37.5. The fraction of sp³-hybridized carbons (Fsp3) is 0.978. The maximum absolute atomic E-state index is 13.0. The fourth-order valence-electron chi connectivity index (χ4n) is 7.87. The van der Waals surface area contributed by atoms with Gasteiger partial charge in [0.2, 0.25) is 5.91 Å². The third kappa shape index (κ3) is 28.3. The lowest BCUT2D eigenvalue weighted by Crippen LogP contribution is -2.60. The van der Waals surface area contributed by atoms with E-state index in [2.05, 4.69) is 19.2 Å². The Labute approximate surface area is 338 Å². The number of carbonyl (C=O) groups excluding carboxylic acids is 1. The van der Waals surface area contributed by atoms with Crippen molar-refractivity contribution in [3.05, 3.63) is 0 Å². The van der Waals surface area contributed by atoms with Crippen molar-refractivity contribution in [1.82, 2.24) is 5.32 Å². The molecule has 1 heterocycles. The monoisotopic (exact) mass is 786 g/mol. The summed E-state index contributed by atoms with van der Waals surface area (Å²) >= 11 is 0. The van der Waals surface area contributed by atoms with E-state index in [0.717, 1.165) is 38.5 Å². The van der Waals surface area contributed by atoms with Gasteiger partial charge in [-0.05, 0) is 12.8 Å². The molecule has 328 valence electrons. The Hall–Kier alpha value is -0.810. The number of nitrogens with one attached hydrogen (secondary N) is 1. The van der Waals surface area contributed by atoms with Crippen molar-refractivity contribution in [3.63, 3.8) is 0 Å². The molecule has 1 rings (SSSR count). The van der Waals surface area contributed by atoms with Gasteiger partial charge in [-0.3, -0.25) is 4.79 Å². The second-order valence-corrected chi connectivity index (χ2v) is 16.9. The van der Waals surface area contributed by atoms with E-state index in [0.29, 0.717) is 12.8 Å². The van der Waals surface area contributed by atoms with E-state index < -0.39 is 49.5 Å². The second-order valence-electron chi connectivity index (χ2n) is 16.9. The fourth-order valence-corrected chi connectivity index (χ4v) is 7.87. The number of amides is 1. The summed E-state index contributed by atoms with van der Waals surface area (Å²) in [7, 11) is 0. The molecular weight excluding hydrogens is 695 g/mol. The zero-order chi connectivity index (χ0) is 40.2.